The van der Waals surface area contributed by atoms with Gasteiger partial charge in [0.1, 0.15) is 12.1 Å². The molecule has 37 heavy (non-hydrogen) atoms. The fourth-order valence-electron chi connectivity index (χ4n) is 4.64. The molecule has 0 aliphatic carbocycles. The lowest BCUT2D eigenvalue weighted by Crippen LogP contribution is -2.32. The van der Waals surface area contributed by atoms with Gasteiger partial charge in [-0.2, -0.15) is 13.2 Å². The first-order valence-corrected chi connectivity index (χ1v) is 12.6. The maximum absolute atomic E-state index is 12.9. The van der Waals surface area contributed by atoms with Crippen LogP contribution in [0.2, 0.25) is 0 Å². The Kier molecular flexibility index (Phi) is 5.79. The zero-order valence-corrected chi connectivity index (χ0v) is 20.3. The van der Waals surface area contributed by atoms with Gasteiger partial charge in [-0.3, -0.25) is 4.79 Å². The second kappa shape index (κ2) is 9.15. The largest absolute Gasteiger partial charge is 0.416 e. The van der Waals surface area contributed by atoms with E-state index in [1.54, 1.807) is 17.5 Å². The number of rotatable bonds is 5. The number of fused-ring (bicyclic) bond motifs is 2. The smallest absolute Gasteiger partial charge is 0.355 e. The minimum absolute atomic E-state index is 0.00124. The van der Waals surface area contributed by atoms with Crippen LogP contribution < -0.4 is 10.2 Å². The van der Waals surface area contributed by atoms with Gasteiger partial charge in [-0.1, -0.05) is 6.07 Å². The number of halogens is 3. The summed E-state index contributed by atoms with van der Waals surface area (Å²) in [6.45, 7) is 1.63. The van der Waals surface area contributed by atoms with Crippen molar-refractivity contribution < 1.29 is 18.0 Å². The van der Waals surface area contributed by atoms with Crippen molar-refractivity contribution in [3.63, 3.8) is 0 Å². The number of aromatic nitrogens is 4. The SMILES string of the molecule is O=C(NCc1ccc2sccc2c1)[C@H]1CCN(c2ncnc3nn(-c4ccc(C(F)(F)F)cc4)cc23)C1. The summed E-state index contributed by atoms with van der Waals surface area (Å²) in [5.74, 6) is 0.472. The van der Waals surface area contributed by atoms with Crippen LogP contribution in [-0.4, -0.2) is 38.7 Å². The predicted molar refractivity (Wildman–Crippen MR) is 136 cm³/mol. The molecule has 1 N–H and O–H groups in total. The van der Waals surface area contributed by atoms with Crippen LogP contribution in [0.25, 0.3) is 26.8 Å². The summed E-state index contributed by atoms with van der Waals surface area (Å²) in [7, 11) is 0. The summed E-state index contributed by atoms with van der Waals surface area (Å²) in [5, 5.41) is 11.4. The fourth-order valence-corrected chi connectivity index (χ4v) is 5.41. The third-order valence-corrected chi connectivity index (χ3v) is 7.49. The van der Waals surface area contributed by atoms with Crippen LogP contribution in [0, 0.1) is 5.92 Å². The lowest BCUT2D eigenvalue weighted by Gasteiger charge is -2.17. The number of hydrogen-bond donors (Lipinski definition) is 1. The molecule has 2 aromatic carbocycles. The number of amides is 1. The Morgan fingerprint density at radius 2 is 1.95 bits per heavy atom. The number of nitrogens with zero attached hydrogens (tertiary/aromatic N) is 5. The Hall–Kier alpha value is -3.99. The van der Waals surface area contributed by atoms with E-state index in [0.29, 0.717) is 48.6 Å². The number of thiophene rings is 1. The molecule has 5 aromatic rings. The van der Waals surface area contributed by atoms with Gasteiger partial charge in [0.2, 0.25) is 5.91 Å². The molecule has 11 heteroatoms. The molecule has 1 aliphatic rings. The van der Waals surface area contributed by atoms with Crippen LogP contribution in [0.5, 0.6) is 0 Å². The molecule has 7 nitrogen and oxygen atoms in total. The zero-order valence-electron chi connectivity index (χ0n) is 19.4. The maximum atomic E-state index is 12.9. The predicted octanol–water partition coefficient (Wildman–Crippen LogP) is 5.19. The number of hydrogen-bond acceptors (Lipinski definition) is 6. The van der Waals surface area contributed by atoms with Crippen LogP contribution in [0.3, 0.4) is 0 Å². The van der Waals surface area contributed by atoms with E-state index in [1.165, 1.54) is 33.2 Å². The van der Waals surface area contributed by atoms with Gasteiger partial charge in [0.05, 0.1) is 22.6 Å². The number of carbonyl (C=O) groups is 1. The minimum atomic E-state index is -4.40. The first-order chi connectivity index (χ1) is 17.8. The second-order valence-corrected chi connectivity index (χ2v) is 9.94. The molecule has 1 aliphatic heterocycles. The lowest BCUT2D eigenvalue weighted by molar-refractivity contribution is -0.137. The van der Waals surface area contributed by atoms with Crippen molar-refractivity contribution in [2.75, 3.05) is 18.0 Å². The van der Waals surface area contributed by atoms with E-state index >= 15 is 0 Å². The highest BCUT2D eigenvalue weighted by atomic mass is 32.1. The van der Waals surface area contributed by atoms with Crippen molar-refractivity contribution in [1.29, 1.82) is 0 Å². The van der Waals surface area contributed by atoms with Gasteiger partial charge in [-0.25, -0.2) is 14.6 Å². The van der Waals surface area contributed by atoms with Gasteiger partial charge in [0.25, 0.3) is 0 Å². The van der Waals surface area contributed by atoms with Crippen molar-refractivity contribution in [2.45, 2.75) is 19.1 Å². The maximum Gasteiger partial charge on any atom is 0.416 e. The Labute approximate surface area is 213 Å². The summed E-state index contributed by atoms with van der Waals surface area (Å²) in [4.78, 5) is 23.6. The van der Waals surface area contributed by atoms with Gasteiger partial charge < -0.3 is 10.2 Å². The topological polar surface area (TPSA) is 75.9 Å². The summed E-state index contributed by atoms with van der Waals surface area (Å²) >= 11 is 1.69. The third kappa shape index (κ3) is 4.62. The number of alkyl halides is 3. The summed E-state index contributed by atoms with van der Waals surface area (Å²) < 4.78 is 41.4. The van der Waals surface area contributed by atoms with E-state index in [-0.39, 0.29) is 11.8 Å². The molecule has 4 heterocycles. The zero-order chi connectivity index (χ0) is 25.6. The normalized spacial score (nSPS) is 16.1. The second-order valence-electron chi connectivity index (χ2n) is 9.00. The van der Waals surface area contributed by atoms with Crippen molar-refractivity contribution in [3.05, 3.63) is 77.6 Å². The summed E-state index contributed by atoms with van der Waals surface area (Å²) in [6, 6.07) is 13.1. The quantitative estimate of drug-likeness (QED) is 0.344. The number of benzene rings is 2. The molecule has 3 aromatic heterocycles. The van der Waals surface area contributed by atoms with Gasteiger partial charge in [-0.15, -0.1) is 16.4 Å². The Bertz CT molecular complexity index is 1590. The first-order valence-electron chi connectivity index (χ1n) is 11.7. The van der Waals surface area contributed by atoms with E-state index in [2.05, 4.69) is 44.0 Å². The van der Waals surface area contributed by atoms with E-state index in [0.717, 1.165) is 17.7 Å². The van der Waals surface area contributed by atoms with E-state index in [1.807, 2.05) is 11.0 Å². The number of anilines is 1. The van der Waals surface area contributed by atoms with Crippen LogP contribution in [0.15, 0.2) is 66.4 Å². The standard InChI is InChI=1S/C26H21F3N6OS/c27-26(28,29)19-2-4-20(5-3-19)35-14-21-23(33-35)31-15-32-24(21)34-9-7-18(13-34)25(36)30-12-16-1-6-22-17(11-16)8-10-37-22/h1-6,8,10-11,14-15,18H,7,9,12-13H2,(H,30,36)/t18-/m0/s1. The first kappa shape index (κ1) is 23.4. The summed E-state index contributed by atoms with van der Waals surface area (Å²) in [5.41, 5.74) is 1.25. The third-order valence-electron chi connectivity index (χ3n) is 6.60. The average Bonchev–Trinajstić information content (AvgIpc) is 3.65. The van der Waals surface area contributed by atoms with Gasteiger partial charge >= 0.3 is 6.18 Å². The van der Waals surface area contributed by atoms with Crippen molar-refractivity contribution in [3.8, 4) is 5.69 Å². The number of carbonyl (C=O) groups excluding carboxylic acids is 1. The Morgan fingerprint density at radius 3 is 2.76 bits per heavy atom. The van der Waals surface area contributed by atoms with Crippen LogP contribution >= 0.6 is 11.3 Å². The van der Waals surface area contributed by atoms with Crippen LogP contribution in [-0.2, 0) is 17.5 Å². The molecule has 0 saturated carbocycles. The van der Waals surface area contributed by atoms with Gasteiger partial charge in [0, 0.05) is 30.5 Å². The van der Waals surface area contributed by atoms with Crippen molar-refractivity contribution >= 4 is 44.2 Å². The molecule has 1 saturated heterocycles. The molecule has 0 spiro atoms. The summed E-state index contributed by atoms with van der Waals surface area (Å²) in [6.07, 6.45) is -0.590. The molecular formula is C26H21F3N6OS. The van der Waals surface area contributed by atoms with Crippen LogP contribution in [0.4, 0.5) is 19.0 Å². The Balaban J connectivity index is 1.15. The molecule has 1 amide bonds. The van der Waals surface area contributed by atoms with Crippen molar-refractivity contribution in [1.82, 2.24) is 25.1 Å². The molecule has 0 radical (unpaired) electrons. The average molecular weight is 523 g/mol. The monoisotopic (exact) mass is 522 g/mol. The van der Waals surface area contributed by atoms with Crippen molar-refractivity contribution in [2.24, 2.45) is 5.92 Å². The molecule has 6 rings (SSSR count). The highest BCUT2D eigenvalue weighted by molar-refractivity contribution is 7.17. The molecular weight excluding hydrogens is 501 g/mol. The molecule has 1 atom stereocenters. The van der Waals surface area contributed by atoms with E-state index < -0.39 is 11.7 Å². The highest BCUT2D eigenvalue weighted by Gasteiger charge is 2.31. The molecule has 0 bridgehead atoms. The van der Waals surface area contributed by atoms with Crippen LogP contribution in [0.1, 0.15) is 17.5 Å². The van der Waals surface area contributed by atoms with Gasteiger partial charge in [0.15, 0.2) is 5.65 Å². The lowest BCUT2D eigenvalue weighted by atomic mass is 10.1. The molecule has 1 fully saturated rings. The minimum Gasteiger partial charge on any atom is -0.355 e. The molecule has 188 valence electrons. The fraction of sp³-hybridized carbons (Fsp3) is 0.231. The molecule has 0 unspecified atom stereocenters. The van der Waals surface area contributed by atoms with Gasteiger partial charge in [-0.05, 0) is 65.2 Å². The number of nitrogens with one attached hydrogen (secondary N) is 1. The van der Waals surface area contributed by atoms with E-state index in [4.69, 9.17) is 0 Å². The Morgan fingerprint density at radius 1 is 1.11 bits per heavy atom. The highest BCUT2D eigenvalue weighted by Crippen LogP contribution is 2.31. The van der Waals surface area contributed by atoms with E-state index in [9.17, 15) is 18.0 Å².